The third-order valence-electron chi connectivity index (χ3n) is 4.65. The van der Waals surface area contributed by atoms with Crippen molar-refractivity contribution in [3.63, 3.8) is 0 Å². The number of fused-ring (bicyclic) bond motifs is 1. The average molecular weight is 287 g/mol. The van der Waals surface area contributed by atoms with Crippen LogP contribution < -0.4 is 0 Å². The number of furan rings is 1. The maximum absolute atomic E-state index is 12.7. The van der Waals surface area contributed by atoms with Crippen LogP contribution in [0.2, 0.25) is 0 Å². The summed E-state index contributed by atoms with van der Waals surface area (Å²) in [7, 11) is 1.87. The molecule has 4 nitrogen and oxygen atoms in total. The summed E-state index contributed by atoms with van der Waals surface area (Å²) in [6, 6.07) is 7.87. The summed E-state index contributed by atoms with van der Waals surface area (Å²) in [5.74, 6) is 0.423. The van der Waals surface area contributed by atoms with E-state index in [4.69, 9.17) is 4.42 Å². The minimum atomic E-state index is 0.0207. The van der Waals surface area contributed by atoms with Crippen molar-refractivity contribution < 1.29 is 14.3 Å². The maximum Gasteiger partial charge on any atom is 0.257 e. The Balaban J connectivity index is 1.76. The van der Waals surface area contributed by atoms with Gasteiger partial charge in [-0.3, -0.25) is 4.79 Å². The number of nitrogens with zero attached hydrogens (tertiary/aromatic N) is 1. The van der Waals surface area contributed by atoms with Crippen LogP contribution in [0.4, 0.5) is 0 Å². The Hall–Kier alpha value is -1.81. The van der Waals surface area contributed by atoms with Crippen LogP contribution in [0.1, 0.15) is 36.0 Å². The molecule has 2 aromatic rings. The summed E-state index contributed by atoms with van der Waals surface area (Å²) in [5, 5.41) is 10.1. The predicted octanol–water partition coefficient (Wildman–Crippen LogP) is 3.06. The Bertz CT molecular complexity index is 626. The molecule has 0 atom stereocenters. The van der Waals surface area contributed by atoms with Gasteiger partial charge in [0.25, 0.3) is 5.91 Å². The van der Waals surface area contributed by atoms with E-state index in [2.05, 4.69) is 0 Å². The molecule has 0 radical (unpaired) electrons. The number of aliphatic hydroxyl groups excluding tert-OH is 1. The number of hydrogen-bond donors (Lipinski definition) is 1. The van der Waals surface area contributed by atoms with Crippen LogP contribution in [0, 0.1) is 5.92 Å². The van der Waals surface area contributed by atoms with Gasteiger partial charge < -0.3 is 14.4 Å². The lowest BCUT2D eigenvalue weighted by Crippen LogP contribution is -2.39. The molecule has 1 aromatic heterocycles. The van der Waals surface area contributed by atoms with E-state index in [1.807, 2.05) is 36.2 Å². The number of carbonyl (C=O) groups excluding carboxylic acids is 1. The average Bonchev–Trinajstić information content (AvgIpc) is 2.97. The quantitative estimate of drug-likeness (QED) is 0.944. The molecule has 4 heteroatoms. The van der Waals surface area contributed by atoms with Crippen molar-refractivity contribution in [3.05, 3.63) is 36.1 Å². The van der Waals surface area contributed by atoms with Gasteiger partial charge in [-0.05, 0) is 37.7 Å². The molecule has 112 valence electrons. The van der Waals surface area contributed by atoms with Crippen LogP contribution in [-0.4, -0.2) is 35.6 Å². The van der Waals surface area contributed by atoms with Crippen LogP contribution >= 0.6 is 0 Å². The molecule has 1 aromatic carbocycles. The molecule has 0 bridgehead atoms. The highest BCUT2D eigenvalue weighted by atomic mass is 16.3. The lowest BCUT2D eigenvalue weighted by molar-refractivity contribution is 0.0654. The van der Waals surface area contributed by atoms with Gasteiger partial charge in [0.1, 0.15) is 11.8 Å². The van der Waals surface area contributed by atoms with Gasteiger partial charge in [0.2, 0.25) is 0 Å². The standard InChI is InChI=1S/C17H21NO3/c1-18(13-8-6-12(10-19)7-9-13)17(20)15-11-21-16-5-3-2-4-14(15)16/h2-5,11-13,19H,6-10H2,1H3. The molecule has 0 aliphatic heterocycles. The lowest BCUT2D eigenvalue weighted by atomic mass is 9.86. The van der Waals surface area contributed by atoms with Crippen LogP contribution in [0.5, 0.6) is 0 Å². The second kappa shape index (κ2) is 5.90. The number of para-hydroxylation sites is 1. The molecule has 1 heterocycles. The summed E-state index contributed by atoms with van der Waals surface area (Å²) >= 11 is 0. The summed E-state index contributed by atoms with van der Waals surface area (Å²) in [6.45, 7) is 0.261. The molecule has 1 aliphatic rings. The van der Waals surface area contributed by atoms with Gasteiger partial charge in [-0.25, -0.2) is 0 Å². The van der Waals surface area contributed by atoms with Gasteiger partial charge in [-0.15, -0.1) is 0 Å². The largest absolute Gasteiger partial charge is 0.463 e. The van der Waals surface area contributed by atoms with Crippen molar-refractivity contribution in [3.8, 4) is 0 Å². The van der Waals surface area contributed by atoms with Crippen LogP contribution in [0.15, 0.2) is 34.9 Å². The van der Waals surface area contributed by atoms with E-state index in [9.17, 15) is 9.90 Å². The summed E-state index contributed by atoms with van der Waals surface area (Å²) in [6.07, 6.45) is 5.46. The number of benzene rings is 1. The van der Waals surface area contributed by atoms with Gasteiger partial charge in [0.05, 0.1) is 5.56 Å². The molecular formula is C17H21NO3. The Morgan fingerprint density at radius 2 is 2.00 bits per heavy atom. The first-order chi connectivity index (χ1) is 10.2. The van der Waals surface area contributed by atoms with Crippen LogP contribution in [0.25, 0.3) is 11.0 Å². The highest BCUT2D eigenvalue weighted by Gasteiger charge is 2.28. The first-order valence-electron chi connectivity index (χ1n) is 7.55. The lowest BCUT2D eigenvalue weighted by Gasteiger charge is -2.34. The Kier molecular flexibility index (Phi) is 3.97. The molecule has 0 unspecified atom stereocenters. The first-order valence-corrected chi connectivity index (χ1v) is 7.55. The number of carbonyl (C=O) groups is 1. The SMILES string of the molecule is CN(C(=O)c1coc2ccccc12)C1CCC(CO)CC1. The van der Waals surface area contributed by atoms with Crippen molar-refractivity contribution in [1.29, 1.82) is 0 Å². The van der Waals surface area contributed by atoms with Crippen LogP contribution in [-0.2, 0) is 0 Å². The second-order valence-electron chi connectivity index (χ2n) is 5.92. The fraction of sp³-hybridized carbons (Fsp3) is 0.471. The zero-order valence-electron chi connectivity index (χ0n) is 12.3. The summed E-state index contributed by atoms with van der Waals surface area (Å²) in [4.78, 5) is 14.5. The number of aliphatic hydroxyl groups is 1. The molecule has 1 fully saturated rings. The summed E-state index contributed by atoms with van der Waals surface area (Å²) in [5.41, 5.74) is 1.38. The van der Waals surface area contributed by atoms with Crippen molar-refractivity contribution in [2.75, 3.05) is 13.7 Å². The van der Waals surface area contributed by atoms with E-state index < -0.39 is 0 Å². The van der Waals surface area contributed by atoms with Gasteiger partial charge >= 0.3 is 0 Å². The Labute approximate surface area is 124 Å². The zero-order chi connectivity index (χ0) is 14.8. The highest BCUT2D eigenvalue weighted by Crippen LogP contribution is 2.29. The topological polar surface area (TPSA) is 53.7 Å². The summed E-state index contributed by atoms with van der Waals surface area (Å²) < 4.78 is 5.46. The number of amides is 1. The molecule has 3 rings (SSSR count). The fourth-order valence-electron chi connectivity index (χ4n) is 3.21. The number of hydrogen-bond acceptors (Lipinski definition) is 3. The van der Waals surface area contributed by atoms with E-state index in [1.54, 1.807) is 6.26 Å². The highest BCUT2D eigenvalue weighted by molar-refractivity contribution is 6.05. The van der Waals surface area contributed by atoms with E-state index in [0.717, 1.165) is 36.7 Å². The van der Waals surface area contributed by atoms with Crippen molar-refractivity contribution >= 4 is 16.9 Å². The third-order valence-corrected chi connectivity index (χ3v) is 4.65. The molecule has 21 heavy (non-hydrogen) atoms. The fourth-order valence-corrected chi connectivity index (χ4v) is 3.21. The Morgan fingerprint density at radius 3 is 2.71 bits per heavy atom. The normalized spacial score (nSPS) is 22.4. The second-order valence-corrected chi connectivity index (χ2v) is 5.92. The molecule has 1 amide bonds. The van der Waals surface area contributed by atoms with Crippen molar-refractivity contribution in [2.45, 2.75) is 31.7 Å². The number of rotatable bonds is 3. The van der Waals surface area contributed by atoms with Gasteiger partial charge in [0.15, 0.2) is 0 Å². The van der Waals surface area contributed by atoms with Crippen LogP contribution in [0.3, 0.4) is 0 Å². The maximum atomic E-state index is 12.7. The monoisotopic (exact) mass is 287 g/mol. The van der Waals surface area contributed by atoms with E-state index in [0.29, 0.717) is 11.5 Å². The minimum absolute atomic E-state index is 0.0207. The van der Waals surface area contributed by atoms with Gasteiger partial charge in [0, 0.05) is 25.1 Å². The molecular weight excluding hydrogens is 266 g/mol. The zero-order valence-corrected chi connectivity index (χ0v) is 12.3. The molecule has 1 N–H and O–H groups in total. The van der Waals surface area contributed by atoms with E-state index in [1.165, 1.54) is 0 Å². The van der Waals surface area contributed by atoms with Gasteiger partial charge in [-0.2, -0.15) is 0 Å². The molecule has 0 spiro atoms. The first kappa shape index (κ1) is 14.1. The van der Waals surface area contributed by atoms with Gasteiger partial charge in [-0.1, -0.05) is 18.2 Å². The van der Waals surface area contributed by atoms with Crippen molar-refractivity contribution in [2.24, 2.45) is 5.92 Å². The molecule has 0 saturated heterocycles. The third kappa shape index (κ3) is 2.68. The molecule has 1 saturated carbocycles. The van der Waals surface area contributed by atoms with E-state index in [-0.39, 0.29) is 18.6 Å². The Morgan fingerprint density at radius 1 is 1.29 bits per heavy atom. The van der Waals surface area contributed by atoms with E-state index >= 15 is 0 Å². The smallest absolute Gasteiger partial charge is 0.257 e. The van der Waals surface area contributed by atoms with Crippen molar-refractivity contribution in [1.82, 2.24) is 4.90 Å². The predicted molar refractivity (Wildman–Crippen MR) is 81.1 cm³/mol. The molecule has 1 aliphatic carbocycles. The minimum Gasteiger partial charge on any atom is -0.463 e.